The Bertz CT molecular complexity index is 527. The van der Waals surface area contributed by atoms with Gasteiger partial charge in [-0.1, -0.05) is 42.5 Å². The fourth-order valence-electron chi connectivity index (χ4n) is 2.22. The number of hydrogen-bond acceptors (Lipinski definition) is 3. The van der Waals surface area contributed by atoms with E-state index < -0.39 is 0 Å². The molecule has 0 saturated heterocycles. The van der Waals surface area contributed by atoms with E-state index in [9.17, 15) is 9.59 Å². The molecule has 24 heavy (non-hydrogen) atoms. The van der Waals surface area contributed by atoms with Crippen LogP contribution in [0.4, 0.5) is 0 Å². The first-order valence-electron chi connectivity index (χ1n) is 7.94. The van der Waals surface area contributed by atoms with Gasteiger partial charge in [-0.2, -0.15) is 0 Å². The first-order valence-corrected chi connectivity index (χ1v) is 7.94. The topological polar surface area (TPSA) is 43.9 Å². The summed E-state index contributed by atoms with van der Waals surface area (Å²) < 4.78 is 0. The van der Waals surface area contributed by atoms with Crippen LogP contribution in [0.5, 0.6) is 0 Å². The average Bonchev–Trinajstić information content (AvgIpc) is 2.56. The zero-order valence-electron chi connectivity index (χ0n) is 14.6. The second kappa shape index (κ2) is 10.4. The van der Waals surface area contributed by atoms with Crippen molar-refractivity contribution in [1.82, 2.24) is 14.7 Å². The number of rotatable bonds is 10. The van der Waals surface area contributed by atoms with Crippen LogP contribution in [0, 0.1) is 0 Å². The van der Waals surface area contributed by atoms with E-state index in [1.807, 2.05) is 35.2 Å². The Morgan fingerprint density at radius 1 is 0.917 bits per heavy atom. The predicted octanol–water partition coefficient (Wildman–Crippen LogP) is 1.78. The van der Waals surface area contributed by atoms with Gasteiger partial charge in [0, 0.05) is 33.7 Å². The van der Waals surface area contributed by atoms with Gasteiger partial charge in [0.2, 0.25) is 11.8 Å². The second-order valence-corrected chi connectivity index (χ2v) is 5.76. The van der Waals surface area contributed by atoms with Crippen LogP contribution in [0.15, 0.2) is 55.6 Å². The zero-order valence-corrected chi connectivity index (χ0v) is 14.6. The van der Waals surface area contributed by atoms with Gasteiger partial charge in [0.15, 0.2) is 0 Å². The van der Waals surface area contributed by atoms with Gasteiger partial charge in [-0.05, 0) is 5.56 Å². The van der Waals surface area contributed by atoms with Crippen molar-refractivity contribution in [3.8, 4) is 0 Å². The lowest BCUT2D eigenvalue weighted by atomic mass is 10.2. The molecule has 1 aromatic rings. The van der Waals surface area contributed by atoms with Gasteiger partial charge in [0.1, 0.15) is 0 Å². The third kappa shape index (κ3) is 6.79. The summed E-state index contributed by atoms with van der Waals surface area (Å²) in [6.45, 7) is 9.18. The molecule has 5 nitrogen and oxygen atoms in total. The normalized spacial score (nSPS) is 10.3. The summed E-state index contributed by atoms with van der Waals surface area (Å²) in [7, 11) is 3.47. The van der Waals surface area contributed by atoms with Gasteiger partial charge in [0.05, 0.1) is 13.1 Å². The fourth-order valence-corrected chi connectivity index (χ4v) is 2.22. The van der Waals surface area contributed by atoms with Gasteiger partial charge < -0.3 is 9.80 Å². The Labute approximate surface area is 144 Å². The number of hydrogen-bond donors (Lipinski definition) is 0. The molecule has 0 aliphatic heterocycles. The first-order chi connectivity index (χ1) is 11.5. The van der Waals surface area contributed by atoms with Crippen LogP contribution in [0.1, 0.15) is 5.56 Å². The van der Waals surface area contributed by atoms with Crippen LogP contribution in [-0.4, -0.2) is 66.8 Å². The van der Waals surface area contributed by atoms with E-state index in [1.165, 1.54) is 0 Å². The lowest BCUT2D eigenvalue weighted by Gasteiger charge is -2.26. The van der Waals surface area contributed by atoms with E-state index in [0.717, 1.165) is 5.56 Å². The monoisotopic (exact) mass is 329 g/mol. The van der Waals surface area contributed by atoms with E-state index in [-0.39, 0.29) is 24.9 Å². The summed E-state index contributed by atoms with van der Waals surface area (Å²) >= 11 is 0. The highest BCUT2D eigenvalue weighted by Crippen LogP contribution is 2.06. The van der Waals surface area contributed by atoms with Crippen LogP contribution >= 0.6 is 0 Å². The van der Waals surface area contributed by atoms with Crippen molar-refractivity contribution >= 4 is 11.8 Å². The number of carbonyl (C=O) groups is 2. The van der Waals surface area contributed by atoms with Crippen LogP contribution in [0.3, 0.4) is 0 Å². The minimum atomic E-state index is -0.0370. The maximum Gasteiger partial charge on any atom is 0.236 e. The Morgan fingerprint density at radius 2 is 1.38 bits per heavy atom. The highest BCUT2D eigenvalue weighted by Gasteiger charge is 2.18. The highest BCUT2D eigenvalue weighted by molar-refractivity contribution is 5.81. The van der Waals surface area contributed by atoms with Gasteiger partial charge >= 0.3 is 0 Å². The molecule has 0 saturated carbocycles. The molecule has 1 rings (SSSR count). The van der Waals surface area contributed by atoms with Crippen LogP contribution in [0.2, 0.25) is 0 Å². The van der Waals surface area contributed by atoms with Crippen molar-refractivity contribution in [1.29, 1.82) is 0 Å². The highest BCUT2D eigenvalue weighted by atomic mass is 16.2. The van der Waals surface area contributed by atoms with Crippen molar-refractivity contribution in [2.75, 3.05) is 40.3 Å². The third-order valence-electron chi connectivity index (χ3n) is 3.62. The molecular weight excluding hydrogens is 302 g/mol. The van der Waals surface area contributed by atoms with Crippen molar-refractivity contribution in [2.45, 2.75) is 6.54 Å². The molecule has 0 spiro atoms. The lowest BCUT2D eigenvalue weighted by Crippen LogP contribution is -2.43. The number of benzene rings is 1. The molecule has 0 heterocycles. The molecule has 0 aliphatic carbocycles. The van der Waals surface area contributed by atoms with Crippen molar-refractivity contribution in [2.24, 2.45) is 0 Å². The minimum Gasteiger partial charge on any atom is -0.341 e. The molecule has 1 aromatic carbocycles. The van der Waals surface area contributed by atoms with Crippen molar-refractivity contribution in [3.63, 3.8) is 0 Å². The van der Waals surface area contributed by atoms with E-state index in [2.05, 4.69) is 13.2 Å². The molecule has 0 aliphatic rings. The second-order valence-electron chi connectivity index (χ2n) is 5.76. The summed E-state index contributed by atoms with van der Waals surface area (Å²) in [6, 6.07) is 9.82. The van der Waals surface area contributed by atoms with Gasteiger partial charge in [-0.3, -0.25) is 14.5 Å². The molecule has 0 N–H and O–H groups in total. The summed E-state index contributed by atoms with van der Waals surface area (Å²) in [5, 5.41) is 0. The molecule has 130 valence electrons. The van der Waals surface area contributed by atoms with Crippen LogP contribution in [0.25, 0.3) is 0 Å². The van der Waals surface area contributed by atoms with Crippen LogP contribution in [-0.2, 0) is 16.1 Å². The molecule has 0 bridgehead atoms. The molecule has 0 fully saturated rings. The quantitative estimate of drug-likeness (QED) is 0.615. The fraction of sp³-hybridized carbons (Fsp3) is 0.368. The summed E-state index contributed by atoms with van der Waals surface area (Å²) in [5.41, 5.74) is 1.07. The maximum absolute atomic E-state index is 12.3. The SMILES string of the molecule is C=CCN(C)C(=O)CN(CC(=O)N(C)CC=C)Cc1ccccc1. The van der Waals surface area contributed by atoms with Crippen LogP contribution < -0.4 is 0 Å². The smallest absolute Gasteiger partial charge is 0.236 e. The minimum absolute atomic E-state index is 0.0370. The number of amides is 2. The lowest BCUT2D eigenvalue weighted by molar-refractivity contribution is -0.134. The molecule has 0 unspecified atom stereocenters. The van der Waals surface area contributed by atoms with E-state index in [4.69, 9.17) is 0 Å². The third-order valence-corrected chi connectivity index (χ3v) is 3.62. The number of likely N-dealkylation sites (N-methyl/N-ethyl adjacent to an activating group) is 2. The first kappa shape index (κ1) is 19.6. The largest absolute Gasteiger partial charge is 0.341 e. The van der Waals surface area contributed by atoms with E-state index in [1.54, 1.807) is 36.0 Å². The Kier molecular flexibility index (Phi) is 8.50. The van der Waals surface area contributed by atoms with Crippen molar-refractivity contribution in [3.05, 3.63) is 61.2 Å². The standard InChI is InChI=1S/C19H27N3O2/c1-5-12-20(3)18(23)15-22(14-17-10-8-7-9-11-17)16-19(24)21(4)13-6-2/h5-11H,1-2,12-16H2,3-4H3. The number of carbonyl (C=O) groups excluding carboxylic acids is 2. The number of nitrogens with zero attached hydrogens (tertiary/aromatic N) is 3. The molecule has 2 amide bonds. The summed E-state index contributed by atoms with van der Waals surface area (Å²) in [6.07, 6.45) is 3.37. The summed E-state index contributed by atoms with van der Waals surface area (Å²) in [5.74, 6) is -0.0741. The average molecular weight is 329 g/mol. The van der Waals surface area contributed by atoms with Gasteiger partial charge in [-0.15, -0.1) is 13.2 Å². The molecule has 0 atom stereocenters. The summed E-state index contributed by atoms with van der Waals surface area (Å²) in [4.78, 5) is 29.7. The van der Waals surface area contributed by atoms with Gasteiger partial charge in [-0.25, -0.2) is 0 Å². The van der Waals surface area contributed by atoms with E-state index >= 15 is 0 Å². The van der Waals surface area contributed by atoms with Crippen molar-refractivity contribution < 1.29 is 9.59 Å². The zero-order chi connectivity index (χ0) is 17.9. The molecule has 0 radical (unpaired) electrons. The maximum atomic E-state index is 12.3. The Morgan fingerprint density at radius 3 is 1.79 bits per heavy atom. The predicted molar refractivity (Wildman–Crippen MR) is 97.4 cm³/mol. The molecule has 5 heteroatoms. The van der Waals surface area contributed by atoms with Gasteiger partial charge in [0.25, 0.3) is 0 Å². The Balaban J connectivity index is 2.78. The molecular formula is C19H27N3O2. The Hall–Kier alpha value is -2.40. The molecule has 0 aromatic heterocycles. The van der Waals surface area contributed by atoms with E-state index in [0.29, 0.717) is 19.6 Å².